The van der Waals surface area contributed by atoms with Gasteiger partial charge in [-0.3, -0.25) is 19.6 Å². The van der Waals surface area contributed by atoms with Crippen molar-refractivity contribution < 1.29 is 9.72 Å². The van der Waals surface area contributed by atoms with E-state index in [4.69, 9.17) is 46.4 Å². The van der Waals surface area contributed by atoms with Gasteiger partial charge in [-0.25, -0.2) is 0 Å². The molecule has 0 spiro atoms. The first-order valence-corrected chi connectivity index (χ1v) is 7.96. The summed E-state index contributed by atoms with van der Waals surface area (Å²) in [6.07, 6.45) is 0. The Bertz CT molecular complexity index is 824. The normalized spacial score (nSPS) is 10.8. The summed E-state index contributed by atoms with van der Waals surface area (Å²) < 4.78 is 1.22. The number of benzene rings is 1. The second kappa shape index (κ2) is 7.14. The van der Waals surface area contributed by atoms with E-state index in [0.29, 0.717) is 0 Å². The van der Waals surface area contributed by atoms with Crippen molar-refractivity contribution in [1.29, 1.82) is 0 Å². The number of aromatic nitrogens is 2. The molecule has 0 radical (unpaired) electrons. The van der Waals surface area contributed by atoms with Gasteiger partial charge in [-0.2, -0.15) is 5.10 Å². The molecule has 2 aromatic rings. The van der Waals surface area contributed by atoms with Gasteiger partial charge in [-0.1, -0.05) is 46.4 Å². The Morgan fingerprint density at radius 2 is 1.79 bits per heavy atom. The fourth-order valence-corrected chi connectivity index (χ4v) is 3.01. The molecule has 0 aliphatic carbocycles. The summed E-state index contributed by atoms with van der Waals surface area (Å²) in [6.45, 7) is 2.73. The molecule has 0 aliphatic heterocycles. The lowest BCUT2D eigenvalue weighted by atomic mass is 10.3. The third-order valence-electron chi connectivity index (χ3n) is 3.20. The van der Waals surface area contributed by atoms with Gasteiger partial charge in [-0.05, 0) is 19.9 Å². The largest absolute Gasteiger partial charge is 0.322 e. The average Bonchev–Trinajstić information content (AvgIpc) is 2.75. The van der Waals surface area contributed by atoms with Crippen LogP contribution in [0.1, 0.15) is 11.4 Å². The highest BCUT2D eigenvalue weighted by atomic mass is 35.5. The van der Waals surface area contributed by atoms with Gasteiger partial charge in [0.2, 0.25) is 5.91 Å². The smallest absolute Gasteiger partial charge is 0.312 e. The standard InChI is InChI=1S/C13H10Cl4N4O3/c1-5-13(21(23)24)6(2)20(19-5)4-9(22)18-12-10(16)7(14)3-8(15)11(12)17/h3H,4H2,1-2H3,(H,18,22). The molecule has 1 N–H and O–H groups in total. The maximum absolute atomic E-state index is 12.2. The molecule has 11 heteroatoms. The highest BCUT2D eigenvalue weighted by molar-refractivity contribution is 6.50. The van der Waals surface area contributed by atoms with Gasteiger partial charge in [0, 0.05) is 0 Å². The topological polar surface area (TPSA) is 90.1 Å². The molecule has 0 unspecified atom stereocenters. The summed E-state index contributed by atoms with van der Waals surface area (Å²) in [5, 5.41) is 17.8. The first-order chi connectivity index (χ1) is 11.1. The van der Waals surface area contributed by atoms with Crippen LogP contribution in [0.4, 0.5) is 11.4 Å². The van der Waals surface area contributed by atoms with E-state index in [1.807, 2.05) is 0 Å². The third-order valence-corrected chi connectivity index (χ3v) is 4.77. The van der Waals surface area contributed by atoms with Gasteiger partial charge in [0.15, 0.2) is 0 Å². The van der Waals surface area contributed by atoms with Crippen LogP contribution in [-0.4, -0.2) is 20.6 Å². The van der Waals surface area contributed by atoms with Crippen molar-refractivity contribution in [3.05, 3.63) is 47.7 Å². The summed E-state index contributed by atoms with van der Waals surface area (Å²) >= 11 is 23.8. The van der Waals surface area contributed by atoms with Crippen LogP contribution in [-0.2, 0) is 11.3 Å². The Labute approximate surface area is 156 Å². The lowest BCUT2D eigenvalue weighted by molar-refractivity contribution is -0.386. The van der Waals surface area contributed by atoms with Gasteiger partial charge in [-0.15, -0.1) is 0 Å². The van der Waals surface area contributed by atoms with Crippen molar-refractivity contribution in [2.75, 3.05) is 5.32 Å². The Morgan fingerprint density at radius 3 is 2.25 bits per heavy atom. The number of aryl methyl sites for hydroxylation is 1. The number of hydrogen-bond acceptors (Lipinski definition) is 4. The minimum Gasteiger partial charge on any atom is -0.322 e. The second-order valence-corrected chi connectivity index (χ2v) is 6.40. The highest BCUT2D eigenvalue weighted by Crippen LogP contribution is 2.41. The molecule has 0 bridgehead atoms. The van der Waals surface area contributed by atoms with E-state index in [2.05, 4.69) is 10.4 Å². The zero-order valence-corrected chi connectivity index (χ0v) is 15.4. The molecule has 0 saturated heterocycles. The number of carbonyl (C=O) groups is 1. The molecule has 1 aromatic carbocycles. The maximum Gasteiger partial charge on any atom is 0.312 e. The molecule has 1 heterocycles. The Hall–Kier alpha value is -1.54. The van der Waals surface area contributed by atoms with Crippen molar-refractivity contribution in [2.45, 2.75) is 20.4 Å². The zero-order chi connectivity index (χ0) is 18.2. The van der Waals surface area contributed by atoms with Crippen LogP contribution in [0.15, 0.2) is 6.07 Å². The summed E-state index contributed by atoms with van der Waals surface area (Å²) in [5.74, 6) is -0.544. The predicted molar refractivity (Wildman–Crippen MR) is 93.5 cm³/mol. The number of nitro groups is 1. The molecule has 1 aromatic heterocycles. The molecular weight excluding hydrogens is 402 g/mol. The summed E-state index contributed by atoms with van der Waals surface area (Å²) in [4.78, 5) is 22.6. The van der Waals surface area contributed by atoms with Gasteiger partial charge >= 0.3 is 5.69 Å². The van der Waals surface area contributed by atoms with Crippen LogP contribution in [0.5, 0.6) is 0 Å². The van der Waals surface area contributed by atoms with Crippen LogP contribution in [0.3, 0.4) is 0 Å². The Balaban J connectivity index is 2.28. The van der Waals surface area contributed by atoms with Gasteiger partial charge < -0.3 is 5.32 Å². The molecular formula is C13H10Cl4N4O3. The van der Waals surface area contributed by atoms with E-state index < -0.39 is 10.8 Å². The van der Waals surface area contributed by atoms with Crippen LogP contribution in [0, 0.1) is 24.0 Å². The van der Waals surface area contributed by atoms with E-state index in [1.165, 1.54) is 24.6 Å². The van der Waals surface area contributed by atoms with Gasteiger partial charge in [0.1, 0.15) is 17.9 Å². The molecule has 0 aliphatic rings. The SMILES string of the molecule is Cc1nn(CC(=O)Nc2c(Cl)c(Cl)cc(Cl)c2Cl)c(C)c1[N+](=O)[O-]. The number of halogens is 4. The Kier molecular flexibility index (Phi) is 5.59. The third kappa shape index (κ3) is 3.59. The van der Waals surface area contributed by atoms with Crippen LogP contribution >= 0.6 is 46.4 Å². The minimum absolute atomic E-state index is 0.0405. The molecule has 24 heavy (non-hydrogen) atoms. The minimum atomic E-state index is -0.545. The molecule has 1 amide bonds. The van der Waals surface area contributed by atoms with E-state index in [1.54, 1.807) is 0 Å². The number of anilines is 1. The van der Waals surface area contributed by atoms with Gasteiger partial charge in [0.25, 0.3) is 0 Å². The summed E-state index contributed by atoms with van der Waals surface area (Å²) in [5.41, 5.74) is 0.405. The monoisotopic (exact) mass is 410 g/mol. The molecule has 7 nitrogen and oxygen atoms in total. The Morgan fingerprint density at radius 1 is 1.25 bits per heavy atom. The van der Waals surface area contributed by atoms with Crippen LogP contribution in [0.25, 0.3) is 0 Å². The quantitative estimate of drug-likeness (QED) is 0.450. The second-order valence-electron chi connectivity index (χ2n) is 4.83. The zero-order valence-electron chi connectivity index (χ0n) is 12.4. The van der Waals surface area contributed by atoms with Crippen molar-refractivity contribution in [1.82, 2.24) is 9.78 Å². The lowest BCUT2D eigenvalue weighted by Gasteiger charge is -2.12. The van der Waals surface area contributed by atoms with Crippen LogP contribution < -0.4 is 5.32 Å². The number of rotatable bonds is 4. The van der Waals surface area contributed by atoms with Crippen molar-refractivity contribution in [3.63, 3.8) is 0 Å². The first kappa shape index (κ1) is 18.8. The number of carbonyl (C=O) groups excluding carboxylic acids is 1. The fourth-order valence-electron chi connectivity index (χ4n) is 2.10. The van der Waals surface area contributed by atoms with Crippen molar-refractivity contribution >= 4 is 63.7 Å². The summed E-state index contributed by atoms with van der Waals surface area (Å²) in [7, 11) is 0. The maximum atomic E-state index is 12.2. The number of hydrogen-bond donors (Lipinski definition) is 1. The molecule has 128 valence electrons. The van der Waals surface area contributed by atoms with E-state index in [9.17, 15) is 14.9 Å². The number of nitrogens with zero attached hydrogens (tertiary/aromatic N) is 3. The van der Waals surface area contributed by atoms with E-state index >= 15 is 0 Å². The molecule has 2 rings (SSSR count). The average molecular weight is 412 g/mol. The number of amides is 1. The highest BCUT2D eigenvalue weighted by Gasteiger charge is 2.23. The van der Waals surface area contributed by atoms with E-state index in [0.717, 1.165) is 0 Å². The van der Waals surface area contributed by atoms with Crippen LogP contribution in [0.2, 0.25) is 20.1 Å². The predicted octanol–water partition coefficient (Wildman–Crippen LogP) is 4.66. The van der Waals surface area contributed by atoms with Crippen molar-refractivity contribution in [2.24, 2.45) is 0 Å². The van der Waals surface area contributed by atoms with Gasteiger partial charge in [0.05, 0.1) is 30.7 Å². The first-order valence-electron chi connectivity index (χ1n) is 6.44. The summed E-state index contributed by atoms with van der Waals surface area (Å²) in [6, 6.07) is 1.35. The van der Waals surface area contributed by atoms with Crippen molar-refractivity contribution in [3.8, 4) is 0 Å². The van der Waals surface area contributed by atoms with E-state index in [-0.39, 0.29) is 49.4 Å². The molecule has 0 atom stereocenters. The molecule has 0 saturated carbocycles. The fraction of sp³-hybridized carbons (Fsp3) is 0.231. The molecule has 0 fully saturated rings. The number of nitrogens with one attached hydrogen (secondary N) is 1. The lowest BCUT2D eigenvalue weighted by Crippen LogP contribution is -2.21.